The Labute approximate surface area is 111 Å². The summed E-state index contributed by atoms with van der Waals surface area (Å²) in [5, 5.41) is 8.92. The molecular weight excluding hydrogens is 236 g/mol. The van der Waals surface area contributed by atoms with Crippen LogP contribution in [0.25, 0.3) is 11.4 Å². The minimum Gasteiger partial charge on any atom is -0.0620 e. The van der Waals surface area contributed by atoms with Crippen molar-refractivity contribution in [3.8, 4) is 11.4 Å². The fourth-order valence-electron chi connectivity index (χ4n) is 2.03. The standard InChI is InChI=1S/C15H15N4/c1-12-7-6-10-15(11-12)19-17-13(2)16-18(19)14-8-4-3-5-9-14/h3-11H,1-2H3/q+1. The number of benzene rings is 2. The second-order valence-corrected chi connectivity index (χ2v) is 4.50. The Balaban J connectivity index is 2.18. The number of aromatic nitrogens is 4. The van der Waals surface area contributed by atoms with Crippen molar-refractivity contribution in [3.05, 3.63) is 66.0 Å². The molecule has 0 aliphatic heterocycles. The minimum absolute atomic E-state index is 0.741. The van der Waals surface area contributed by atoms with Crippen LogP contribution in [-0.4, -0.2) is 15.0 Å². The number of aryl methyl sites for hydroxylation is 2. The third kappa shape index (κ3) is 2.25. The predicted molar refractivity (Wildman–Crippen MR) is 72.4 cm³/mol. The average Bonchev–Trinajstić information content (AvgIpc) is 2.82. The number of nitrogens with zero attached hydrogens (tertiary/aromatic N) is 4. The fraction of sp³-hybridized carbons (Fsp3) is 0.133. The van der Waals surface area contributed by atoms with Crippen LogP contribution in [0, 0.1) is 13.8 Å². The normalized spacial score (nSPS) is 10.6. The van der Waals surface area contributed by atoms with E-state index >= 15 is 0 Å². The van der Waals surface area contributed by atoms with Gasteiger partial charge in [-0.05, 0) is 46.6 Å². The van der Waals surface area contributed by atoms with Crippen LogP contribution >= 0.6 is 0 Å². The molecule has 0 N–H and O–H groups in total. The molecule has 94 valence electrons. The maximum Gasteiger partial charge on any atom is 0.306 e. The molecule has 0 bridgehead atoms. The Bertz CT molecular complexity index is 701. The van der Waals surface area contributed by atoms with Crippen molar-refractivity contribution in [3.63, 3.8) is 0 Å². The van der Waals surface area contributed by atoms with Gasteiger partial charge in [0.05, 0.1) is 5.10 Å². The highest BCUT2D eigenvalue weighted by Crippen LogP contribution is 2.08. The van der Waals surface area contributed by atoms with Gasteiger partial charge >= 0.3 is 5.82 Å². The van der Waals surface area contributed by atoms with Gasteiger partial charge in [0, 0.05) is 11.7 Å². The van der Waals surface area contributed by atoms with E-state index in [0.717, 1.165) is 17.2 Å². The number of para-hydroxylation sites is 1. The van der Waals surface area contributed by atoms with Crippen LogP contribution in [0.15, 0.2) is 54.6 Å². The Morgan fingerprint density at radius 2 is 1.74 bits per heavy atom. The maximum absolute atomic E-state index is 4.47. The van der Waals surface area contributed by atoms with Crippen LogP contribution in [0.3, 0.4) is 0 Å². The first kappa shape index (κ1) is 11.6. The van der Waals surface area contributed by atoms with Crippen molar-refractivity contribution in [1.82, 2.24) is 15.0 Å². The van der Waals surface area contributed by atoms with E-state index in [1.807, 2.05) is 59.0 Å². The molecule has 19 heavy (non-hydrogen) atoms. The van der Waals surface area contributed by atoms with Gasteiger partial charge in [0.1, 0.15) is 5.69 Å². The second kappa shape index (κ2) is 4.65. The largest absolute Gasteiger partial charge is 0.306 e. The number of rotatable bonds is 2. The lowest BCUT2D eigenvalue weighted by Gasteiger charge is -2.00. The summed E-state index contributed by atoms with van der Waals surface area (Å²) >= 11 is 0. The van der Waals surface area contributed by atoms with Crippen molar-refractivity contribution in [2.24, 2.45) is 0 Å². The van der Waals surface area contributed by atoms with Gasteiger partial charge in [-0.15, -0.1) is 0 Å². The summed E-state index contributed by atoms with van der Waals surface area (Å²) in [7, 11) is 0. The van der Waals surface area contributed by atoms with Gasteiger partial charge in [0.25, 0.3) is 0 Å². The van der Waals surface area contributed by atoms with Gasteiger partial charge in [-0.2, -0.15) is 0 Å². The first-order valence-electron chi connectivity index (χ1n) is 6.23. The average molecular weight is 251 g/mol. The molecule has 0 aliphatic rings. The fourth-order valence-corrected chi connectivity index (χ4v) is 2.03. The molecule has 3 aromatic rings. The second-order valence-electron chi connectivity index (χ2n) is 4.50. The molecule has 1 aromatic heterocycles. The van der Waals surface area contributed by atoms with E-state index in [1.54, 1.807) is 0 Å². The van der Waals surface area contributed by atoms with Gasteiger partial charge in [-0.25, -0.2) is 0 Å². The summed E-state index contributed by atoms with van der Waals surface area (Å²) in [5.41, 5.74) is 3.19. The van der Waals surface area contributed by atoms with E-state index in [-0.39, 0.29) is 0 Å². The summed E-state index contributed by atoms with van der Waals surface area (Å²) in [4.78, 5) is 3.63. The molecule has 0 radical (unpaired) electrons. The predicted octanol–water partition coefficient (Wildman–Crippen LogP) is 2.16. The topological polar surface area (TPSA) is 34.6 Å². The lowest BCUT2D eigenvalue weighted by atomic mass is 10.2. The van der Waals surface area contributed by atoms with Crippen molar-refractivity contribution in [1.29, 1.82) is 0 Å². The summed E-state index contributed by atoms with van der Waals surface area (Å²) in [6.45, 7) is 3.96. The van der Waals surface area contributed by atoms with Crippen molar-refractivity contribution < 1.29 is 4.80 Å². The van der Waals surface area contributed by atoms with E-state index in [2.05, 4.69) is 29.3 Å². The van der Waals surface area contributed by atoms with Gasteiger partial charge in [-0.1, -0.05) is 30.3 Å². The first-order chi connectivity index (χ1) is 9.24. The van der Waals surface area contributed by atoms with E-state index < -0.39 is 0 Å². The molecule has 0 spiro atoms. The minimum atomic E-state index is 0.741. The summed E-state index contributed by atoms with van der Waals surface area (Å²) in [5.74, 6) is 0.741. The van der Waals surface area contributed by atoms with Gasteiger partial charge in [-0.3, -0.25) is 0 Å². The number of hydrogen-bond donors (Lipinski definition) is 0. The first-order valence-corrected chi connectivity index (χ1v) is 6.23. The summed E-state index contributed by atoms with van der Waals surface area (Å²) < 4.78 is 0. The molecule has 1 heterocycles. The van der Waals surface area contributed by atoms with Crippen LogP contribution in [0.1, 0.15) is 11.4 Å². The molecule has 0 saturated heterocycles. The van der Waals surface area contributed by atoms with Crippen molar-refractivity contribution in [2.45, 2.75) is 13.8 Å². The summed E-state index contributed by atoms with van der Waals surface area (Å²) in [6.07, 6.45) is 0. The van der Waals surface area contributed by atoms with E-state index in [9.17, 15) is 0 Å². The Morgan fingerprint density at radius 3 is 2.47 bits per heavy atom. The number of hydrogen-bond acceptors (Lipinski definition) is 2. The van der Waals surface area contributed by atoms with Crippen molar-refractivity contribution in [2.75, 3.05) is 0 Å². The van der Waals surface area contributed by atoms with Crippen LogP contribution in [0.2, 0.25) is 0 Å². The van der Waals surface area contributed by atoms with E-state index in [4.69, 9.17) is 0 Å². The molecule has 0 amide bonds. The highest BCUT2D eigenvalue weighted by Gasteiger charge is 2.18. The van der Waals surface area contributed by atoms with Crippen LogP contribution < -0.4 is 4.80 Å². The van der Waals surface area contributed by atoms with Crippen LogP contribution in [-0.2, 0) is 0 Å². The number of tetrazole rings is 1. The van der Waals surface area contributed by atoms with Crippen LogP contribution in [0.4, 0.5) is 0 Å². The van der Waals surface area contributed by atoms with Crippen LogP contribution in [0.5, 0.6) is 0 Å². The molecule has 0 saturated carbocycles. The van der Waals surface area contributed by atoms with E-state index in [1.165, 1.54) is 5.56 Å². The van der Waals surface area contributed by atoms with E-state index in [0.29, 0.717) is 0 Å². The Morgan fingerprint density at radius 1 is 0.947 bits per heavy atom. The molecule has 0 atom stereocenters. The lowest BCUT2D eigenvalue weighted by molar-refractivity contribution is -0.735. The molecular formula is C15H15N4+. The zero-order valence-electron chi connectivity index (χ0n) is 11.0. The quantitative estimate of drug-likeness (QED) is 0.654. The van der Waals surface area contributed by atoms with Gasteiger partial charge in [0.15, 0.2) is 5.69 Å². The lowest BCUT2D eigenvalue weighted by Crippen LogP contribution is -2.43. The molecule has 0 fully saturated rings. The third-order valence-corrected chi connectivity index (χ3v) is 2.88. The zero-order valence-corrected chi connectivity index (χ0v) is 11.0. The molecule has 2 aromatic carbocycles. The molecule has 4 nitrogen and oxygen atoms in total. The zero-order chi connectivity index (χ0) is 13.2. The highest BCUT2D eigenvalue weighted by atomic mass is 15.7. The smallest absolute Gasteiger partial charge is 0.0620 e. The molecule has 3 rings (SSSR count). The molecule has 4 heteroatoms. The van der Waals surface area contributed by atoms with Gasteiger partial charge < -0.3 is 0 Å². The maximum atomic E-state index is 4.47. The SMILES string of the molecule is Cc1cccc(-n2nc(C)n[n+]2-c2ccccc2)c1. The monoisotopic (exact) mass is 251 g/mol. The van der Waals surface area contributed by atoms with Crippen molar-refractivity contribution >= 4 is 0 Å². The molecule has 0 aliphatic carbocycles. The highest BCUT2D eigenvalue weighted by molar-refractivity contribution is 5.33. The third-order valence-electron chi connectivity index (χ3n) is 2.88. The van der Waals surface area contributed by atoms with Gasteiger partial charge in [0.2, 0.25) is 0 Å². The Kier molecular flexibility index (Phi) is 2.83. The Hall–Kier alpha value is -2.49. The summed E-state index contributed by atoms with van der Waals surface area (Å²) in [6, 6.07) is 18.2. The molecule has 0 unspecified atom stereocenters.